The van der Waals surface area contributed by atoms with Crippen molar-refractivity contribution in [1.29, 1.82) is 0 Å². The lowest BCUT2D eigenvalue weighted by atomic mass is 10.2. The minimum atomic E-state index is -3.79. The summed E-state index contributed by atoms with van der Waals surface area (Å²) in [5.74, 6) is 0.0575. The monoisotopic (exact) mass is 523 g/mol. The van der Waals surface area contributed by atoms with Gasteiger partial charge in [0.1, 0.15) is 16.8 Å². The number of hydrogen-bond acceptors (Lipinski definition) is 9. The number of thiophene rings is 1. The summed E-state index contributed by atoms with van der Waals surface area (Å²) >= 11 is 2.32. The zero-order valence-corrected chi connectivity index (χ0v) is 20.6. The molecule has 0 aliphatic carbocycles. The van der Waals surface area contributed by atoms with Crippen molar-refractivity contribution in [3.63, 3.8) is 0 Å². The predicted octanol–water partition coefficient (Wildman–Crippen LogP) is 2.34. The molecule has 1 amide bonds. The van der Waals surface area contributed by atoms with Crippen LogP contribution in [0.2, 0.25) is 0 Å². The molecule has 2 aliphatic heterocycles. The van der Waals surface area contributed by atoms with Crippen molar-refractivity contribution >= 4 is 54.8 Å². The number of rotatable bonds is 6. The van der Waals surface area contributed by atoms with Crippen LogP contribution < -0.4 is 14.3 Å². The molecule has 0 N–H and O–H groups in total. The quantitative estimate of drug-likeness (QED) is 0.455. The molecule has 4 heterocycles. The summed E-state index contributed by atoms with van der Waals surface area (Å²) in [5.41, 5.74) is 0.642. The number of nitrogens with zero attached hydrogens (tertiary/aromatic N) is 3. The van der Waals surface area contributed by atoms with Crippen molar-refractivity contribution in [2.75, 3.05) is 19.9 Å². The zero-order valence-electron chi connectivity index (χ0n) is 18.1. The number of carbonyl (C=O) groups is 2. The fourth-order valence-electron chi connectivity index (χ4n) is 4.00. The molecule has 34 heavy (non-hydrogen) atoms. The second-order valence-corrected chi connectivity index (χ2v) is 11.7. The highest BCUT2D eigenvalue weighted by atomic mass is 32.2. The predicted molar refractivity (Wildman–Crippen MR) is 124 cm³/mol. The Labute approximate surface area is 203 Å². The van der Waals surface area contributed by atoms with Gasteiger partial charge in [-0.2, -0.15) is 9.30 Å². The largest absolute Gasteiger partial charge is 0.465 e. The molecule has 1 unspecified atom stereocenters. The van der Waals surface area contributed by atoms with E-state index in [4.69, 9.17) is 14.2 Å². The average molecular weight is 524 g/mol. The smallest absolute Gasteiger partial charge is 0.326 e. The number of fused-ring (bicyclic) bond motifs is 2. The molecule has 1 atom stereocenters. The zero-order chi connectivity index (χ0) is 23.9. The molecule has 5 rings (SSSR count). The fourth-order valence-corrected chi connectivity index (χ4v) is 7.82. The number of amides is 1. The van der Waals surface area contributed by atoms with E-state index in [0.29, 0.717) is 29.9 Å². The first-order chi connectivity index (χ1) is 16.4. The van der Waals surface area contributed by atoms with Gasteiger partial charge in [0.15, 0.2) is 16.3 Å². The van der Waals surface area contributed by atoms with Crippen molar-refractivity contribution in [3.05, 3.63) is 34.4 Å². The number of aromatic nitrogens is 1. The molecule has 0 radical (unpaired) electrons. The van der Waals surface area contributed by atoms with Gasteiger partial charge in [0.25, 0.3) is 15.9 Å². The Bertz CT molecular complexity index is 1420. The maximum Gasteiger partial charge on any atom is 0.326 e. The van der Waals surface area contributed by atoms with E-state index in [1.54, 1.807) is 35.1 Å². The van der Waals surface area contributed by atoms with Gasteiger partial charge < -0.3 is 18.8 Å². The number of thiazole rings is 1. The van der Waals surface area contributed by atoms with Crippen molar-refractivity contribution in [2.24, 2.45) is 4.99 Å². The molecule has 1 saturated heterocycles. The van der Waals surface area contributed by atoms with Gasteiger partial charge in [0.2, 0.25) is 6.79 Å². The van der Waals surface area contributed by atoms with Crippen molar-refractivity contribution in [3.8, 4) is 11.5 Å². The van der Waals surface area contributed by atoms with E-state index in [1.807, 2.05) is 0 Å². The Morgan fingerprint density at radius 3 is 2.79 bits per heavy atom. The molecule has 3 aromatic rings. The summed E-state index contributed by atoms with van der Waals surface area (Å²) in [6, 6.07) is 5.80. The van der Waals surface area contributed by atoms with E-state index in [0.717, 1.165) is 16.0 Å². The van der Waals surface area contributed by atoms with Crippen LogP contribution in [-0.4, -0.2) is 55.2 Å². The van der Waals surface area contributed by atoms with Gasteiger partial charge in [0, 0.05) is 18.7 Å². The van der Waals surface area contributed by atoms with E-state index in [2.05, 4.69) is 4.99 Å². The SMILES string of the molecule is CCOC(=O)Cn1c(=NC(=O)C2CCCN2S(=O)(=O)c2cccs2)sc2cc3c(cc21)OCO3. The third kappa shape index (κ3) is 4.13. The van der Waals surface area contributed by atoms with E-state index in [9.17, 15) is 18.0 Å². The van der Waals surface area contributed by atoms with Crippen molar-refractivity contribution in [1.82, 2.24) is 8.87 Å². The van der Waals surface area contributed by atoms with Gasteiger partial charge in [-0.25, -0.2) is 8.42 Å². The molecule has 0 spiro atoms. The summed E-state index contributed by atoms with van der Waals surface area (Å²) in [6.45, 7) is 2.14. The highest BCUT2D eigenvalue weighted by molar-refractivity contribution is 7.91. The van der Waals surface area contributed by atoms with Crippen LogP contribution in [0.1, 0.15) is 19.8 Å². The van der Waals surface area contributed by atoms with Crippen LogP contribution in [0.4, 0.5) is 0 Å². The number of benzene rings is 1. The van der Waals surface area contributed by atoms with Gasteiger partial charge in [-0.15, -0.1) is 11.3 Å². The first kappa shape index (κ1) is 23.0. The second-order valence-electron chi connectivity index (χ2n) is 7.60. The van der Waals surface area contributed by atoms with E-state index >= 15 is 0 Å². The van der Waals surface area contributed by atoms with Crippen LogP contribution >= 0.6 is 22.7 Å². The number of sulfonamides is 1. The van der Waals surface area contributed by atoms with Gasteiger partial charge in [-0.05, 0) is 31.2 Å². The van der Waals surface area contributed by atoms with Crippen molar-refractivity contribution < 1.29 is 32.2 Å². The molecule has 10 nitrogen and oxygen atoms in total. The third-order valence-corrected chi connectivity index (χ3v) is 9.84. The third-order valence-electron chi connectivity index (χ3n) is 5.52. The lowest BCUT2D eigenvalue weighted by molar-refractivity contribution is -0.143. The normalized spacial score (nSPS) is 18.6. The number of esters is 1. The maximum absolute atomic E-state index is 13.2. The average Bonchev–Trinajstić information content (AvgIpc) is 3.59. The van der Waals surface area contributed by atoms with Gasteiger partial charge in [-0.3, -0.25) is 9.59 Å². The van der Waals surface area contributed by atoms with Crippen LogP contribution in [0.3, 0.4) is 0 Å². The minimum Gasteiger partial charge on any atom is -0.465 e. The number of carbonyl (C=O) groups excluding carboxylic acids is 2. The topological polar surface area (TPSA) is 116 Å². The molecule has 1 fully saturated rings. The Kier molecular flexibility index (Phi) is 6.18. The second kappa shape index (κ2) is 9.13. The summed E-state index contributed by atoms with van der Waals surface area (Å²) in [7, 11) is -3.79. The Hall–Kier alpha value is -2.74. The molecule has 1 aromatic carbocycles. The minimum absolute atomic E-state index is 0.108. The van der Waals surface area contributed by atoms with Gasteiger partial charge in [-0.1, -0.05) is 17.4 Å². The van der Waals surface area contributed by atoms with Crippen LogP contribution in [0.25, 0.3) is 10.2 Å². The molecule has 0 saturated carbocycles. The van der Waals surface area contributed by atoms with Crippen LogP contribution in [-0.2, 0) is 30.9 Å². The lowest BCUT2D eigenvalue weighted by Gasteiger charge is -2.20. The molecule has 2 aromatic heterocycles. The Morgan fingerprint density at radius 1 is 1.26 bits per heavy atom. The summed E-state index contributed by atoms with van der Waals surface area (Å²) < 4.78 is 45.9. The summed E-state index contributed by atoms with van der Waals surface area (Å²) in [5, 5.41) is 1.68. The van der Waals surface area contributed by atoms with Gasteiger partial charge >= 0.3 is 5.97 Å². The highest BCUT2D eigenvalue weighted by Gasteiger charge is 2.40. The number of ether oxygens (including phenoxy) is 3. The standard InChI is InChI=1S/C21H21N3O7S3/c1-2-29-18(25)11-23-14-9-15-16(31-12-30-15)10-17(14)33-21(23)22-20(26)13-5-3-7-24(13)34(27,28)19-6-4-8-32-19/h4,6,8-10,13H,2-3,5,7,11-12H2,1H3. The molecular weight excluding hydrogens is 502 g/mol. The molecular formula is C21H21N3O7S3. The van der Waals surface area contributed by atoms with E-state index in [1.165, 1.54) is 21.7 Å². The molecule has 180 valence electrons. The van der Waals surface area contributed by atoms with E-state index < -0.39 is 27.9 Å². The number of hydrogen-bond donors (Lipinski definition) is 0. The molecule has 2 aliphatic rings. The Balaban J connectivity index is 1.55. The summed E-state index contributed by atoms with van der Waals surface area (Å²) in [4.78, 5) is 30.1. The van der Waals surface area contributed by atoms with E-state index in [-0.39, 0.29) is 35.5 Å². The summed E-state index contributed by atoms with van der Waals surface area (Å²) in [6.07, 6.45) is 0.943. The molecule has 0 bridgehead atoms. The fraction of sp³-hybridized carbons (Fsp3) is 0.381. The Morgan fingerprint density at radius 2 is 2.06 bits per heavy atom. The van der Waals surface area contributed by atoms with Crippen LogP contribution in [0, 0.1) is 0 Å². The van der Waals surface area contributed by atoms with Crippen LogP contribution in [0.15, 0.2) is 38.8 Å². The maximum atomic E-state index is 13.2. The lowest BCUT2D eigenvalue weighted by Crippen LogP contribution is -2.40. The molecule has 13 heteroatoms. The first-order valence-electron chi connectivity index (χ1n) is 10.6. The van der Waals surface area contributed by atoms with Crippen molar-refractivity contribution in [2.45, 2.75) is 36.6 Å². The highest BCUT2D eigenvalue weighted by Crippen LogP contribution is 2.37. The van der Waals surface area contributed by atoms with Gasteiger partial charge in [0.05, 0.1) is 16.8 Å². The van der Waals surface area contributed by atoms with Crippen LogP contribution in [0.5, 0.6) is 11.5 Å². The first-order valence-corrected chi connectivity index (χ1v) is 13.7.